The second-order valence-electron chi connectivity index (χ2n) is 13.9. The molecule has 0 aliphatic rings. The van der Waals surface area contributed by atoms with Crippen molar-refractivity contribution in [2.45, 2.75) is 0 Å². The average molecular weight is 750 g/mol. The fourth-order valence-corrected chi connectivity index (χ4v) is 10.3. The molecule has 262 valence electrons. The van der Waals surface area contributed by atoms with Gasteiger partial charge in [-0.25, -0.2) is 15.0 Å². The lowest BCUT2D eigenvalue weighted by molar-refractivity contribution is 1.08. The van der Waals surface area contributed by atoms with E-state index in [-0.39, 0.29) is 0 Å². The molecule has 0 atom stereocenters. The van der Waals surface area contributed by atoms with Crippen molar-refractivity contribution in [3.05, 3.63) is 188 Å². The van der Waals surface area contributed by atoms with Crippen LogP contribution in [-0.4, -0.2) is 15.0 Å². The normalized spacial score (nSPS) is 11.6. The Hall–Kier alpha value is -6.79. The zero-order valence-electron chi connectivity index (χ0n) is 30.1. The van der Waals surface area contributed by atoms with Crippen LogP contribution < -0.4 is 0 Å². The summed E-state index contributed by atoms with van der Waals surface area (Å²) in [6, 6.07) is 66.8. The Morgan fingerprint density at radius 2 is 0.821 bits per heavy atom. The lowest BCUT2D eigenvalue weighted by Gasteiger charge is -2.12. The van der Waals surface area contributed by atoms with Crippen LogP contribution in [0.5, 0.6) is 0 Å². The van der Waals surface area contributed by atoms with Crippen LogP contribution in [0.25, 0.3) is 108 Å². The third-order valence-corrected chi connectivity index (χ3v) is 13.0. The van der Waals surface area contributed by atoms with Crippen LogP contribution in [0.2, 0.25) is 0 Å². The lowest BCUT2D eigenvalue weighted by atomic mass is 9.93. The maximum Gasteiger partial charge on any atom is 0.164 e. The minimum atomic E-state index is 0.649. The first-order valence-corrected chi connectivity index (χ1v) is 20.3. The summed E-state index contributed by atoms with van der Waals surface area (Å²) in [7, 11) is 0. The molecule has 5 heteroatoms. The Balaban J connectivity index is 1.23. The highest BCUT2D eigenvalue weighted by molar-refractivity contribution is 7.27. The number of hydrogen-bond acceptors (Lipinski definition) is 5. The number of fused-ring (bicyclic) bond motifs is 6. The Morgan fingerprint density at radius 1 is 0.286 bits per heavy atom. The SMILES string of the molecule is c1ccc(-c2cc(-c3ccccc3)c3sc4c(-c5ccccc5)ccc(-c5nc(-c6ccccc6)nc(-c6ccc7sc8ccccc8c7c6)n5)c4c3c2)cc1. The molecule has 3 aromatic heterocycles. The Kier molecular flexibility index (Phi) is 7.87. The predicted octanol–water partition coefficient (Wildman–Crippen LogP) is 14.6. The lowest BCUT2D eigenvalue weighted by Crippen LogP contribution is -2.00. The fraction of sp³-hybridized carbons (Fsp3) is 0. The van der Waals surface area contributed by atoms with Crippen molar-refractivity contribution in [1.82, 2.24) is 15.0 Å². The van der Waals surface area contributed by atoms with E-state index in [9.17, 15) is 0 Å². The Labute approximate surface area is 331 Å². The summed E-state index contributed by atoms with van der Waals surface area (Å²) in [4.78, 5) is 15.8. The van der Waals surface area contributed by atoms with Gasteiger partial charge >= 0.3 is 0 Å². The third-order valence-electron chi connectivity index (χ3n) is 10.5. The molecule has 3 nitrogen and oxygen atoms in total. The van der Waals surface area contributed by atoms with E-state index in [4.69, 9.17) is 15.0 Å². The van der Waals surface area contributed by atoms with Crippen LogP contribution in [0.3, 0.4) is 0 Å². The first-order valence-electron chi connectivity index (χ1n) is 18.7. The molecule has 0 saturated heterocycles. The van der Waals surface area contributed by atoms with Gasteiger partial charge in [0.05, 0.1) is 0 Å². The van der Waals surface area contributed by atoms with Crippen LogP contribution in [-0.2, 0) is 0 Å². The molecule has 0 radical (unpaired) electrons. The van der Waals surface area contributed by atoms with Gasteiger partial charge in [-0.1, -0.05) is 146 Å². The summed E-state index contributed by atoms with van der Waals surface area (Å²) < 4.78 is 4.97. The standard InChI is InChI=1S/C51H31N3S2/c1-5-15-32(16-6-1)37-30-41(34-19-9-3-10-20-34)47-43(31-37)46-40(27-26-38(48(46)56-47)33-17-7-2-8-18-33)51-53-49(35-21-11-4-12-22-35)52-50(54-51)36-25-28-45-42(29-36)39-23-13-14-24-44(39)55-45/h1-31H. The quantitative estimate of drug-likeness (QED) is 0.170. The number of aromatic nitrogens is 3. The van der Waals surface area contributed by atoms with E-state index in [0.29, 0.717) is 17.5 Å². The van der Waals surface area contributed by atoms with E-state index in [1.54, 1.807) is 0 Å². The zero-order valence-corrected chi connectivity index (χ0v) is 31.7. The van der Waals surface area contributed by atoms with Crippen LogP contribution in [0, 0.1) is 0 Å². The van der Waals surface area contributed by atoms with Crippen LogP contribution in [0.1, 0.15) is 0 Å². The molecule has 11 aromatic rings. The second kappa shape index (κ2) is 13.5. The van der Waals surface area contributed by atoms with Crippen molar-refractivity contribution in [2.75, 3.05) is 0 Å². The van der Waals surface area contributed by atoms with Crippen molar-refractivity contribution in [2.24, 2.45) is 0 Å². The van der Waals surface area contributed by atoms with Crippen LogP contribution in [0.4, 0.5) is 0 Å². The van der Waals surface area contributed by atoms with E-state index in [1.807, 2.05) is 40.9 Å². The molecule has 0 aliphatic heterocycles. The largest absolute Gasteiger partial charge is 0.208 e. The van der Waals surface area contributed by atoms with Gasteiger partial charge in [0.25, 0.3) is 0 Å². The van der Waals surface area contributed by atoms with Crippen molar-refractivity contribution in [3.63, 3.8) is 0 Å². The van der Waals surface area contributed by atoms with Gasteiger partial charge in [-0.15, -0.1) is 22.7 Å². The van der Waals surface area contributed by atoms with Crippen molar-refractivity contribution in [3.8, 4) is 67.5 Å². The summed E-state index contributed by atoms with van der Waals surface area (Å²) in [5.74, 6) is 1.95. The third kappa shape index (κ3) is 5.60. The maximum absolute atomic E-state index is 5.36. The van der Waals surface area contributed by atoms with Gasteiger partial charge in [0.1, 0.15) is 0 Å². The molecule has 0 fully saturated rings. The van der Waals surface area contributed by atoms with E-state index >= 15 is 0 Å². The molecule has 0 aliphatic carbocycles. The molecule has 3 heterocycles. The minimum absolute atomic E-state index is 0.649. The second-order valence-corrected chi connectivity index (χ2v) is 16.1. The minimum Gasteiger partial charge on any atom is -0.208 e. The van der Waals surface area contributed by atoms with Gasteiger partial charge in [-0.3, -0.25) is 0 Å². The number of thiophene rings is 2. The molecular weight excluding hydrogens is 719 g/mol. The molecule has 8 aromatic carbocycles. The Morgan fingerprint density at radius 3 is 1.54 bits per heavy atom. The van der Waals surface area contributed by atoms with Gasteiger partial charge < -0.3 is 0 Å². The average Bonchev–Trinajstić information content (AvgIpc) is 3.85. The first kappa shape index (κ1) is 32.6. The highest BCUT2D eigenvalue weighted by Crippen LogP contribution is 2.49. The van der Waals surface area contributed by atoms with E-state index in [0.717, 1.165) is 22.1 Å². The van der Waals surface area contributed by atoms with Crippen molar-refractivity contribution in [1.29, 1.82) is 0 Å². The summed E-state index contributed by atoms with van der Waals surface area (Å²) >= 11 is 3.67. The number of benzene rings is 8. The monoisotopic (exact) mass is 749 g/mol. The first-order chi connectivity index (χ1) is 27.7. The summed E-state index contributed by atoms with van der Waals surface area (Å²) in [6.45, 7) is 0. The molecule has 11 rings (SSSR count). The highest BCUT2D eigenvalue weighted by atomic mass is 32.1. The molecule has 0 N–H and O–H groups in total. The smallest absolute Gasteiger partial charge is 0.164 e. The summed E-state index contributed by atoms with van der Waals surface area (Å²) in [5, 5.41) is 4.80. The van der Waals surface area contributed by atoms with Gasteiger partial charge in [-0.05, 0) is 70.3 Å². The summed E-state index contributed by atoms with van der Waals surface area (Å²) in [5.41, 5.74) is 10.0. The Bertz CT molecular complexity index is 3230. The zero-order chi connectivity index (χ0) is 37.0. The van der Waals surface area contributed by atoms with E-state index < -0.39 is 0 Å². The predicted molar refractivity (Wildman–Crippen MR) is 238 cm³/mol. The van der Waals surface area contributed by atoms with E-state index in [2.05, 4.69) is 170 Å². The molecule has 0 saturated carbocycles. The van der Waals surface area contributed by atoms with Gasteiger partial charge in [0.2, 0.25) is 0 Å². The number of hydrogen-bond donors (Lipinski definition) is 0. The van der Waals surface area contributed by atoms with Crippen molar-refractivity contribution >= 4 is 63.0 Å². The summed E-state index contributed by atoms with van der Waals surface area (Å²) in [6.07, 6.45) is 0. The fourth-order valence-electron chi connectivity index (χ4n) is 7.85. The van der Waals surface area contributed by atoms with Gasteiger partial charge in [-0.2, -0.15) is 0 Å². The molecule has 0 amide bonds. The molecule has 0 spiro atoms. The maximum atomic E-state index is 5.36. The van der Waals surface area contributed by atoms with Crippen molar-refractivity contribution < 1.29 is 0 Å². The van der Waals surface area contributed by atoms with Crippen LogP contribution >= 0.6 is 22.7 Å². The molecule has 0 bridgehead atoms. The van der Waals surface area contributed by atoms with Gasteiger partial charge in [0, 0.05) is 62.6 Å². The molecular formula is C51H31N3S2. The molecule has 56 heavy (non-hydrogen) atoms. The van der Waals surface area contributed by atoms with Crippen LogP contribution in [0.15, 0.2) is 188 Å². The highest BCUT2D eigenvalue weighted by Gasteiger charge is 2.22. The van der Waals surface area contributed by atoms with E-state index in [1.165, 1.54) is 68.3 Å². The number of nitrogens with zero attached hydrogens (tertiary/aromatic N) is 3. The number of rotatable bonds is 6. The van der Waals surface area contributed by atoms with Gasteiger partial charge in [0.15, 0.2) is 17.5 Å². The topological polar surface area (TPSA) is 38.7 Å². The molecule has 0 unspecified atom stereocenters.